The minimum Gasteiger partial charge on any atom is -0.369 e. The van der Waals surface area contributed by atoms with E-state index in [9.17, 15) is 4.79 Å². The van der Waals surface area contributed by atoms with Gasteiger partial charge in [0.25, 0.3) is 5.91 Å². The second-order valence-corrected chi connectivity index (χ2v) is 5.15. The van der Waals surface area contributed by atoms with Crippen LogP contribution in [0.25, 0.3) is 0 Å². The largest absolute Gasteiger partial charge is 0.369 e. The molecule has 0 saturated carbocycles. The lowest BCUT2D eigenvalue weighted by atomic mass is 9.92. The summed E-state index contributed by atoms with van der Waals surface area (Å²) >= 11 is 3.02. The summed E-state index contributed by atoms with van der Waals surface area (Å²) in [6.07, 6.45) is -0.621. The number of ether oxygens (including phenoxy) is 3. The first kappa shape index (κ1) is 13.8. The average molecular weight is 318 g/mol. The molecule has 0 N–H and O–H groups in total. The molecule has 1 amide bonds. The standard InChI is InChI=1S/C12H16BrNO4/c1-12(2)17-7-8(18-12)9-10(16-3)11(15)14(9)6-4-5-13/h8-10H,6-7H2,1-3H3/t8-,9+,10-/m1/s1. The van der Waals surface area contributed by atoms with Gasteiger partial charge in [0.2, 0.25) is 0 Å². The second kappa shape index (κ2) is 5.17. The minimum atomic E-state index is -0.603. The number of β-lactam (4-membered cyclic amide) rings is 1. The molecule has 2 rings (SSSR count). The highest BCUT2D eigenvalue weighted by atomic mass is 79.9. The first-order valence-corrected chi connectivity index (χ1v) is 6.53. The van der Waals surface area contributed by atoms with E-state index in [2.05, 4.69) is 26.7 Å². The molecule has 0 aromatic carbocycles. The molecule has 2 heterocycles. The van der Waals surface area contributed by atoms with Crippen molar-refractivity contribution in [3.8, 4) is 10.8 Å². The third-order valence-corrected chi connectivity index (χ3v) is 3.46. The van der Waals surface area contributed by atoms with Gasteiger partial charge in [0, 0.05) is 23.0 Å². The van der Waals surface area contributed by atoms with E-state index in [0.717, 1.165) is 0 Å². The van der Waals surface area contributed by atoms with E-state index in [1.54, 1.807) is 4.90 Å². The zero-order valence-electron chi connectivity index (χ0n) is 10.6. The number of hydrogen-bond acceptors (Lipinski definition) is 4. The molecule has 2 aliphatic rings. The number of amides is 1. The highest BCUT2D eigenvalue weighted by Crippen LogP contribution is 2.33. The summed E-state index contributed by atoms with van der Waals surface area (Å²) in [5, 5.41) is 0. The lowest BCUT2D eigenvalue weighted by Gasteiger charge is -2.47. The van der Waals surface area contributed by atoms with Crippen molar-refractivity contribution < 1.29 is 19.0 Å². The number of hydrogen-bond donors (Lipinski definition) is 0. The Labute approximate surface area is 115 Å². The SMILES string of the molecule is CO[C@H]1C(=O)N(CC#CBr)[C@H]1[C@H]1COC(C)(C)O1. The molecule has 2 fully saturated rings. The Morgan fingerprint density at radius 2 is 2.33 bits per heavy atom. The van der Waals surface area contributed by atoms with E-state index in [4.69, 9.17) is 14.2 Å². The van der Waals surface area contributed by atoms with Crippen LogP contribution >= 0.6 is 15.9 Å². The van der Waals surface area contributed by atoms with Crippen molar-refractivity contribution in [2.45, 2.75) is 37.9 Å². The lowest BCUT2D eigenvalue weighted by molar-refractivity contribution is -0.191. The Kier molecular flexibility index (Phi) is 3.97. The molecular formula is C12H16BrNO4. The van der Waals surface area contributed by atoms with Crippen LogP contribution in [0, 0.1) is 10.8 Å². The fraction of sp³-hybridized carbons (Fsp3) is 0.750. The molecule has 0 bridgehead atoms. The van der Waals surface area contributed by atoms with Crippen LogP contribution in [0.15, 0.2) is 0 Å². The van der Waals surface area contributed by atoms with Crippen LogP contribution in [-0.2, 0) is 19.0 Å². The fourth-order valence-electron chi connectivity index (χ4n) is 2.36. The Morgan fingerprint density at radius 1 is 1.61 bits per heavy atom. The topological polar surface area (TPSA) is 48.0 Å². The van der Waals surface area contributed by atoms with Gasteiger partial charge in [-0.2, -0.15) is 0 Å². The van der Waals surface area contributed by atoms with Crippen LogP contribution < -0.4 is 0 Å². The summed E-state index contributed by atoms with van der Waals surface area (Å²) in [5.74, 6) is 2.17. The Balaban J connectivity index is 2.07. The van der Waals surface area contributed by atoms with Crippen LogP contribution in [0.4, 0.5) is 0 Å². The molecule has 0 aliphatic carbocycles. The van der Waals surface area contributed by atoms with Gasteiger partial charge < -0.3 is 19.1 Å². The van der Waals surface area contributed by atoms with Crippen LogP contribution in [0.5, 0.6) is 0 Å². The highest BCUT2D eigenvalue weighted by Gasteiger charge is 2.54. The molecule has 0 aromatic rings. The molecule has 2 saturated heterocycles. The molecule has 6 heteroatoms. The molecule has 18 heavy (non-hydrogen) atoms. The maximum atomic E-state index is 11.8. The minimum absolute atomic E-state index is 0.0499. The lowest BCUT2D eigenvalue weighted by Crippen LogP contribution is -2.70. The summed E-state index contributed by atoms with van der Waals surface area (Å²) in [5.41, 5.74) is 0. The quantitative estimate of drug-likeness (QED) is 0.568. The van der Waals surface area contributed by atoms with Gasteiger partial charge in [-0.05, 0) is 18.7 Å². The number of carbonyl (C=O) groups is 1. The number of likely N-dealkylation sites (tertiary alicyclic amines) is 1. The molecule has 3 atom stereocenters. The van der Waals surface area contributed by atoms with E-state index in [0.29, 0.717) is 13.2 Å². The van der Waals surface area contributed by atoms with Crippen LogP contribution in [0.1, 0.15) is 13.8 Å². The summed E-state index contributed by atoms with van der Waals surface area (Å²) in [6, 6.07) is -0.127. The fourth-order valence-corrected chi connectivity index (χ4v) is 2.48. The number of rotatable bonds is 3. The first-order chi connectivity index (χ1) is 8.50. The van der Waals surface area contributed by atoms with Crippen molar-refractivity contribution in [3.63, 3.8) is 0 Å². The summed E-state index contributed by atoms with van der Waals surface area (Å²) in [7, 11) is 1.53. The van der Waals surface area contributed by atoms with Gasteiger partial charge in [0.1, 0.15) is 6.10 Å². The van der Waals surface area contributed by atoms with Gasteiger partial charge in [-0.15, -0.1) is 0 Å². The molecule has 0 spiro atoms. The van der Waals surface area contributed by atoms with Crippen LogP contribution in [-0.4, -0.2) is 55.1 Å². The summed E-state index contributed by atoms with van der Waals surface area (Å²) < 4.78 is 16.5. The van der Waals surface area contributed by atoms with E-state index in [-0.39, 0.29) is 18.1 Å². The van der Waals surface area contributed by atoms with Crippen molar-refractivity contribution in [1.82, 2.24) is 4.90 Å². The molecule has 0 radical (unpaired) electrons. The number of methoxy groups -OCH3 is 1. The summed E-state index contributed by atoms with van der Waals surface area (Å²) in [4.78, 5) is 16.1. The van der Waals surface area contributed by atoms with Crippen molar-refractivity contribution >= 4 is 21.8 Å². The van der Waals surface area contributed by atoms with Gasteiger partial charge in [-0.3, -0.25) is 4.79 Å². The highest BCUT2D eigenvalue weighted by molar-refractivity contribution is 9.12. The van der Waals surface area contributed by atoms with Crippen molar-refractivity contribution in [1.29, 1.82) is 0 Å². The molecular weight excluding hydrogens is 302 g/mol. The van der Waals surface area contributed by atoms with Gasteiger partial charge >= 0.3 is 0 Å². The van der Waals surface area contributed by atoms with E-state index in [1.807, 2.05) is 13.8 Å². The number of carbonyl (C=O) groups excluding carboxylic acids is 1. The molecule has 5 nitrogen and oxygen atoms in total. The maximum absolute atomic E-state index is 11.8. The maximum Gasteiger partial charge on any atom is 0.255 e. The first-order valence-electron chi connectivity index (χ1n) is 5.73. The molecule has 0 unspecified atom stereocenters. The molecule has 0 aromatic heterocycles. The van der Waals surface area contributed by atoms with Crippen molar-refractivity contribution in [2.75, 3.05) is 20.3 Å². The summed E-state index contributed by atoms with van der Waals surface area (Å²) in [6.45, 7) is 4.55. The average Bonchev–Trinajstić information content (AvgIpc) is 2.66. The van der Waals surface area contributed by atoms with E-state index in [1.165, 1.54) is 7.11 Å². The smallest absolute Gasteiger partial charge is 0.255 e. The Bertz CT molecular complexity index is 401. The van der Waals surface area contributed by atoms with Crippen LogP contribution in [0.2, 0.25) is 0 Å². The second-order valence-electron chi connectivity index (χ2n) is 4.75. The molecule has 100 valence electrons. The van der Waals surface area contributed by atoms with Gasteiger partial charge in [-0.25, -0.2) is 0 Å². The predicted molar refractivity (Wildman–Crippen MR) is 67.9 cm³/mol. The van der Waals surface area contributed by atoms with Crippen molar-refractivity contribution in [2.24, 2.45) is 0 Å². The third kappa shape index (κ3) is 2.41. The van der Waals surface area contributed by atoms with E-state index >= 15 is 0 Å². The zero-order chi connectivity index (χ0) is 13.3. The zero-order valence-corrected chi connectivity index (χ0v) is 12.2. The Morgan fingerprint density at radius 3 is 2.83 bits per heavy atom. The van der Waals surface area contributed by atoms with Gasteiger partial charge in [0.15, 0.2) is 11.9 Å². The van der Waals surface area contributed by atoms with Gasteiger partial charge in [0.05, 0.1) is 19.2 Å². The third-order valence-electron chi connectivity index (χ3n) is 3.18. The number of nitrogens with zero attached hydrogens (tertiary/aromatic N) is 1. The monoisotopic (exact) mass is 317 g/mol. The van der Waals surface area contributed by atoms with Crippen molar-refractivity contribution in [3.05, 3.63) is 0 Å². The number of halogens is 1. The normalized spacial score (nSPS) is 33.9. The predicted octanol–water partition coefficient (Wildman–Crippen LogP) is 0.720. The van der Waals surface area contributed by atoms with Crippen LogP contribution in [0.3, 0.4) is 0 Å². The van der Waals surface area contributed by atoms with E-state index < -0.39 is 11.9 Å². The molecule has 2 aliphatic heterocycles. The Hall–Kier alpha value is -0.610. The van der Waals surface area contributed by atoms with Gasteiger partial charge in [-0.1, -0.05) is 5.92 Å².